The minimum Gasteiger partial charge on any atom is -0.493 e. The number of carbonyl (C=O) groups is 1. The van der Waals surface area contributed by atoms with Gasteiger partial charge in [-0.15, -0.1) is 0 Å². The minimum absolute atomic E-state index is 0.0594. The number of nitrogens with two attached hydrogens (primary N) is 1. The van der Waals surface area contributed by atoms with E-state index in [1.165, 1.54) is 33.5 Å². The van der Waals surface area contributed by atoms with Crippen LogP contribution >= 0.6 is 23.2 Å². The van der Waals surface area contributed by atoms with Gasteiger partial charge in [0.1, 0.15) is 11.9 Å². The summed E-state index contributed by atoms with van der Waals surface area (Å²) in [6.07, 6.45) is 2.69. The van der Waals surface area contributed by atoms with Crippen molar-refractivity contribution < 1.29 is 19.0 Å². The molecule has 1 heterocycles. The zero-order chi connectivity index (χ0) is 25.5. The van der Waals surface area contributed by atoms with E-state index in [4.69, 9.17) is 43.1 Å². The van der Waals surface area contributed by atoms with Crippen LogP contribution in [0.5, 0.6) is 17.2 Å². The monoisotopic (exact) mass is 513 g/mol. The van der Waals surface area contributed by atoms with Gasteiger partial charge in [-0.1, -0.05) is 23.2 Å². The van der Waals surface area contributed by atoms with Gasteiger partial charge in [0.25, 0.3) is 0 Å². The Morgan fingerprint density at radius 3 is 2.34 bits per heavy atom. The number of hydrogen-bond donors (Lipinski definition) is 3. The number of aromatic nitrogens is 1. The highest BCUT2D eigenvalue weighted by Crippen LogP contribution is 2.41. The van der Waals surface area contributed by atoms with E-state index in [-0.39, 0.29) is 27.0 Å². The van der Waals surface area contributed by atoms with E-state index in [1.54, 1.807) is 30.5 Å². The lowest BCUT2D eigenvalue weighted by Gasteiger charge is -2.16. The van der Waals surface area contributed by atoms with E-state index in [1.807, 2.05) is 6.07 Å². The van der Waals surface area contributed by atoms with Crippen LogP contribution in [0.4, 0.5) is 22.9 Å². The summed E-state index contributed by atoms with van der Waals surface area (Å²) < 4.78 is 16.1. The van der Waals surface area contributed by atoms with Crippen molar-refractivity contribution in [1.82, 2.24) is 4.98 Å². The van der Waals surface area contributed by atoms with Crippen molar-refractivity contribution in [2.24, 2.45) is 0 Å². The van der Waals surface area contributed by atoms with Crippen molar-refractivity contribution in [3.8, 4) is 23.3 Å². The molecule has 0 unspecified atom stereocenters. The number of hydrogen-bond acceptors (Lipinski definition) is 8. The first-order valence-electron chi connectivity index (χ1n) is 10.0. The number of pyridine rings is 1. The number of nitrogens with one attached hydrogen (secondary N) is 2. The first kappa shape index (κ1) is 25.5. The smallest absolute Gasteiger partial charge is 0.249 e. The molecular formula is C24H21Cl2N5O4. The normalized spacial score (nSPS) is 10.8. The SMILES string of the molecule is COc1cc(Nc2ncccc2/C(C#N)=C/C(=O)Nc2cc(Cl)c(Cl)cc2N)cc(OC)c1OC. The second kappa shape index (κ2) is 11.3. The average molecular weight is 514 g/mol. The number of halogens is 2. The molecular weight excluding hydrogens is 493 g/mol. The predicted molar refractivity (Wildman–Crippen MR) is 137 cm³/mol. The van der Waals surface area contributed by atoms with Crippen molar-refractivity contribution in [1.29, 1.82) is 5.26 Å². The van der Waals surface area contributed by atoms with Gasteiger partial charge < -0.3 is 30.6 Å². The quantitative estimate of drug-likeness (QED) is 0.210. The Labute approximate surface area is 212 Å². The number of carbonyl (C=O) groups excluding carboxylic acids is 1. The fraction of sp³-hybridized carbons (Fsp3) is 0.125. The molecule has 0 aliphatic carbocycles. The van der Waals surface area contributed by atoms with Gasteiger partial charge in [0.2, 0.25) is 11.7 Å². The van der Waals surface area contributed by atoms with E-state index in [0.29, 0.717) is 34.3 Å². The number of nitrogens with zero attached hydrogens (tertiary/aromatic N) is 2. The van der Waals surface area contributed by atoms with Crippen LogP contribution in [0.25, 0.3) is 5.57 Å². The van der Waals surface area contributed by atoms with E-state index >= 15 is 0 Å². The fourth-order valence-corrected chi connectivity index (χ4v) is 3.49. The van der Waals surface area contributed by atoms with Gasteiger partial charge in [-0.3, -0.25) is 4.79 Å². The molecule has 2 aromatic carbocycles. The summed E-state index contributed by atoms with van der Waals surface area (Å²) in [4.78, 5) is 17.0. The zero-order valence-electron chi connectivity index (χ0n) is 19.0. The number of amides is 1. The molecule has 0 atom stereocenters. The molecule has 35 heavy (non-hydrogen) atoms. The van der Waals surface area contributed by atoms with Gasteiger partial charge in [-0.2, -0.15) is 5.26 Å². The molecule has 0 aliphatic rings. The van der Waals surface area contributed by atoms with Crippen LogP contribution in [0.15, 0.2) is 48.7 Å². The second-order valence-corrected chi connectivity index (χ2v) is 7.77. The predicted octanol–water partition coefficient (Wildman–Crippen LogP) is 5.29. The Hall–Kier alpha value is -4.13. The molecule has 0 spiro atoms. The lowest BCUT2D eigenvalue weighted by atomic mass is 10.1. The molecule has 0 saturated carbocycles. The van der Waals surface area contributed by atoms with E-state index < -0.39 is 5.91 Å². The van der Waals surface area contributed by atoms with Crippen LogP contribution in [0, 0.1) is 11.3 Å². The van der Waals surface area contributed by atoms with Gasteiger partial charge in [0.05, 0.1) is 48.3 Å². The van der Waals surface area contributed by atoms with Crippen LogP contribution in [-0.4, -0.2) is 32.2 Å². The summed E-state index contributed by atoms with van der Waals surface area (Å²) in [6.45, 7) is 0. The van der Waals surface area contributed by atoms with Crippen molar-refractivity contribution in [2.75, 3.05) is 37.7 Å². The summed E-state index contributed by atoms with van der Waals surface area (Å²) in [6, 6.07) is 11.6. The third-order valence-corrected chi connectivity index (χ3v) is 5.49. The number of methoxy groups -OCH3 is 3. The van der Waals surface area contributed by atoms with Crippen LogP contribution < -0.4 is 30.6 Å². The molecule has 3 rings (SSSR count). The minimum atomic E-state index is -0.589. The van der Waals surface area contributed by atoms with Crippen LogP contribution in [0.1, 0.15) is 5.56 Å². The number of nitriles is 1. The first-order chi connectivity index (χ1) is 16.8. The fourth-order valence-electron chi connectivity index (χ4n) is 3.15. The molecule has 1 amide bonds. The maximum Gasteiger partial charge on any atom is 0.249 e. The van der Waals surface area contributed by atoms with Crippen molar-refractivity contribution in [3.63, 3.8) is 0 Å². The summed E-state index contributed by atoms with van der Waals surface area (Å²) >= 11 is 11.9. The maximum absolute atomic E-state index is 12.7. The molecule has 0 radical (unpaired) electrons. The molecule has 3 aromatic rings. The van der Waals surface area contributed by atoms with Crippen LogP contribution in [0.2, 0.25) is 10.0 Å². The molecule has 0 fully saturated rings. The van der Waals surface area contributed by atoms with Gasteiger partial charge in [-0.05, 0) is 24.3 Å². The van der Waals surface area contributed by atoms with Gasteiger partial charge in [0.15, 0.2) is 11.5 Å². The molecule has 9 nitrogen and oxygen atoms in total. The molecule has 0 aliphatic heterocycles. The third kappa shape index (κ3) is 5.87. The molecule has 0 bridgehead atoms. The Kier molecular flexibility index (Phi) is 8.25. The Bertz CT molecular complexity index is 1310. The largest absolute Gasteiger partial charge is 0.493 e. The van der Waals surface area contributed by atoms with E-state index in [0.717, 1.165) is 6.08 Å². The summed E-state index contributed by atoms with van der Waals surface area (Å²) in [7, 11) is 4.51. The standard InChI is InChI=1S/C24H21Cl2N5O4/c1-33-20-8-14(9-21(34-2)23(20)35-3)30-24-15(5-4-6-29-24)13(12-27)7-22(32)31-19-11-17(26)16(25)10-18(19)28/h4-11H,28H2,1-3H3,(H,29,30)(H,31,32)/b13-7+. The highest BCUT2D eigenvalue weighted by atomic mass is 35.5. The van der Waals surface area contributed by atoms with Gasteiger partial charge in [-0.25, -0.2) is 4.98 Å². The van der Waals surface area contributed by atoms with Crippen LogP contribution in [0.3, 0.4) is 0 Å². The summed E-state index contributed by atoms with van der Waals surface area (Å²) in [5.74, 6) is 1.03. The van der Waals surface area contributed by atoms with Gasteiger partial charge in [0, 0.05) is 35.7 Å². The number of benzene rings is 2. The Morgan fingerprint density at radius 2 is 1.74 bits per heavy atom. The second-order valence-electron chi connectivity index (χ2n) is 6.95. The maximum atomic E-state index is 12.7. The van der Waals surface area contributed by atoms with Crippen molar-refractivity contribution in [3.05, 3.63) is 64.3 Å². The first-order valence-corrected chi connectivity index (χ1v) is 10.8. The average Bonchev–Trinajstić information content (AvgIpc) is 2.85. The van der Waals surface area contributed by atoms with Gasteiger partial charge >= 0.3 is 0 Å². The van der Waals surface area contributed by atoms with E-state index in [2.05, 4.69) is 15.6 Å². The molecule has 11 heteroatoms. The summed E-state index contributed by atoms with van der Waals surface area (Å²) in [5, 5.41) is 16.0. The van der Waals surface area contributed by atoms with Crippen molar-refractivity contribution in [2.45, 2.75) is 0 Å². The molecule has 180 valence electrons. The number of ether oxygens (including phenoxy) is 3. The topological polar surface area (TPSA) is 132 Å². The van der Waals surface area contributed by atoms with E-state index in [9.17, 15) is 10.1 Å². The van der Waals surface area contributed by atoms with Crippen LogP contribution in [-0.2, 0) is 4.79 Å². The number of nitrogen functional groups attached to an aromatic ring is 1. The molecule has 0 saturated heterocycles. The number of allylic oxidation sites excluding steroid dienone is 1. The lowest BCUT2D eigenvalue weighted by Crippen LogP contribution is -2.11. The summed E-state index contributed by atoms with van der Waals surface area (Å²) in [5.41, 5.74) is 7.40. The zero-order valence-corrected chi connectivity index (χ0v) is 20.5. The Balaban J connectivity index is 1.94. The lowest BCUT2D eigenvalue weighted by molar-refractivity contribution is -0.111. The number of anilines is 4. The third-order valence-electron chi connectivity index (χ3n) is 4.77. The van der Waals surface area contributed by atoms with Crippen molar-refractivity contribution >= 4 is 57.6 Å². The highest BCUT2D eigenvalue weighted by molar-refractivity contribution is 6.42. The molecule has 4 N–H and O–H groups in total. The molecule has 1 aromatic heterocycles. The highest BCUT2D eigenvalue weighted by Gasteiger charge is 2.16. The Morgan fingerprint density at radius 1 is 1.09 bits per heavy atom. The number of rotatable bonds is 8.